The maximum absolute atomic E-state index is 9.10. The maximum Gasteiger partial charge on any atom is 0.414 e. The first-order valence-corrected chi connectivity index (χ1v) is 7.86. The first kappa shape index (κ1) is 21.9. The predicted molar refractivity (Wildman–Crippen MR) is 90.5 cm³/mol. The van der Waals surface area contributed by atoms with Gasteiger partial charge in [-0.25, -0.2) is 9.59 Å². The van der Waals surface area contributed by atoms with E-state index in [1.54, 1.807) is 0 Å². The summed E-state index contributed by atoms with van der Waals surface area (Å²) in [5.41, 5.74) is 1.25. The molecule has 1 aromatic rings. The average molecular weight is 341 g/mol. The molecule has 0 aliphatic heterocycles. The number of carbonyl (C=O) groups is 2. The van der Waals surface area contributed by atoms with E-state index < -0.39 is 11.9 Å². The Morgan fingerprint density at radius 2 is 1.71 bits per heavy atom. The molecule has 0 unspecified atom stereocenters. The van der Waals surface area contributed by atoms with Gasteiger partial charge in [0.15, 0.2) is 0 Å². The number of aryl methyl sites for hydroxylation is 1. The minimum atomic E-state index is -1.82. The van der Waals surface area contributed by atoms with Crippen LogP contribution in [-0.2, 0) is 20.7 Å². The number of ether oxygens (including phenoxy) is 2. The minimum absolute atomic E-state index is 0.515. The molecular formula is C17H27NO6. The van der Waals surface area contributed by atoms with Gasteiger partial charge in [-0.05, 0) is 18.1 Å². The predicted octanol–water partition coefficient (Wildman–Crippen LogP) is 1.80. The fourth-order valence-electron chi connectivity index (χ4n) is 1.67. The summed E-state index contributed by atoms with van der Waals surface area (Å²) in [7, 11) is 0. The molecule has 1 rings (SSSR count). The van der Waals surface area contributed by atoms with E-state index in [9.17, 15) is 0 Å². The molecule has 7 nitrogen and oxygen atoms in total. The first-order chi connectivity index (χ1) is 11.4. The Balaban J connectivity index is 0.000000754. The van der Waals surface area contributed by atoms with Crippen LogP contribution in [0.1, 0.15) is 26.3 Å². The topological polar surface area (TPSA) is 105 Å². The average Bonchev–Trinajstić information content (AvgIpc) is 2.54. The molecule has 3 N–H and O–H groups in total. The van der Waals surface area contributed by atoms with Gasteiger partial charge in [0.05, 0.1) is 13.2 Å². The fourth-order valence-corrected chi connectivity index (χ4v) is 1.67. The Morgan fingerprint density at radius 3 is 2.25 bits per heavy atom. The first-order valence-electron chi connectivity index (χ1n) is 7.86. The van der Waals surface area contributed by atoms with Gasteiger partial charge in [-0.1, -0.05) is 39.0 Å². The lowest BCUT2D eigenvalue weighted by molar-refractivity contribution is -0.159. The van der Waals surface area contributed by atoms with Crippen molar-refractivity contribution in [2.45, 2.75) is 33.2 Å². The molecule has 0 heterocycles. The molecule has 136 valence electrons. The second-order valence-corrected chi connectivity index (χ2v) is 5.14. The summed E-state index contributed by atoms with van der Waals surface area (Å²) in [6.45, 7) is 9.27. The van der Waals surface area contributed by atoms with Crippen LogP contribution in [0.2, 0.25) is 0 Å². The van der Waals surface area contributed by atoms with Crippen LogP contribution in [0.15, 0.2) is 24.3 Å². The minimum Gasteiger partial charge on any atom is -0.491 e. The molecule has 0 saturated heterocycles. The van der Waals surface area contributed by atoms with Gasteiger partial charge in [-0.3, -0.25) is 0 Å². The number of hydrogen-bond acceptors (Lipinski definition) is 5. The Morgan fingerprint density at radius 1 is 1.08 bits per heavy atom. The van der Waals surface area contributed by atoms with Crippen molar-refractivity contribution >= 4 is 11.9 Å². The van der Waals surface area contributed by atoms with Gasteiger partial charge in [0.2, 0.25) is 0 Å². The maximum atomic E-state index is 9.10. The van der Waals surface area contributed by atoms with Crippen molar-refractivity contribution in [1.29, 1.82) is 0 Å². The lowest BCUT2D eigenvalue weighted by Gasteiger charge is -2.11. The van der Waals surface area contributed by atoms with Crippen molar-refractivity contribution in [2.24, 2.45) is 0 Å². The molecule has 0 spiro atoms. The van der Waals surface area contributed by atoms with E-state index in [1.807, 2.05) is 18.2 Å². The second-order valence-electron chi connectivity index (χ2n) is 5.14. The number of nitrogens with one attached hydrogen (secondary N) is 1. The Labute approximate surface area is 142 Å². The summed E-state index contributed by atoms with van der Waals surface area (Å²) in [6.07, 6.45) is 0.995. The summed E-state index contributed by atoms with van der Waals surface area (Å²) in [4.78, 5) is 18.2. The number of benzene rings is 1. The molecular weight excluding hydrogens is 314 g/mol. The van der Waals surface area contributed by atoms with E-state index in [4.69, 9.17) is 29.3 Å². The van der Waals surface area contributed by atoms with Crippen LogP contribution in [0.3, 0.4) is 0 Å². The number of rotatable bonds is 9. The fraction of sp³-hybridized carbons (Fsp3) is 0.529. The molecule has 0 aliphatic rings. The van der Waals surface area contributed by atoms with E-state index in [-0.39, 0.29) is 0 Å². The summed E-state index contributed by atoms with van der Waals surface area (Å²) < 4.78 is 11.2. The normalized spacial score (nSPS) is 10.0. The SMILES string of the molecule is CCc1ccccc1OCCOCCNC(C)C.O=C(O)C(=O)O. The van der Waals surface area contributed by atoms with Crippen molar-refractivity contribution in [3.05, 3.63) is 29.8 Å². The highest BCUT2D eigenvalue weighted by molar-refractivity contribution is 6.27. The van der Waals surface area contributed by atoms with E-state index in [0.717, 1.165) is 25.3 Å². The highest BCUT2D eigenvalue weighted by atomic mass is 16.5. The zero-order chi connectivity index (χ0) is 18.4. The van der Waals surface area contributed by atoms with Crippen molar-refractivity contribution in [3.63, 3.8) is 0 Å². The lowest BCUT2D eigenvalue weighted by atomic mass is 10.1. The molecule has 0 atom stereocenters. The molecule has 7 heteroatoms. The largest absolute Gasteiger partial charge is 0.491 e. The van der Waals surface area contributed by atoms with Crippen LogP contribution in [0.5, 0.6) is 5.75 Å². The van der Waals surface area contributed by atoms with Gasteiger partial charge in [-0.2, -0.15) is 0 Å². The molecule has 0 amide bonds. The lowest BCUT2D eigenvalue weighted by Crippen LogP contribution is -2.27. The standard InChI is InChI=1S/C15H25NO2.C2H2O4/c1-4-14-7-5-6-8-15(14)18-12-11-17-10-9-16-13(2)3;3-1(4)2(5)6/h5-8,13,16H,4,9-12H2,1-3H3;(H,3,4)(H,5,6). The van der Waals surface area contributed by atoms with Crippen molar-refractivity contribution in [2.75, 3.05) is 26.4 Å². The van der Waals surface area contributed by atoms with Crippen molar-refractivity contribution < 1.29 is 29.3 Å². The highest BCUT2D eigenvalue weighted by Gasteiger charge is 2.04. The molecule has 0 radical (unpaired) electrons. The van der Waals surface area contributed by atoms with E-state index in [2.05, 4.69) is 32.2 Å². The number of aliphatic carboxylic acids is 2. The molecule has 0 fully saturated rings. The number of carboxylic acid groups (broad SMARTS) is 2. The summed E-state index contributed by atoms with van der Waals surface area (Å²) in [6, 6.07) is 8.67. The molecule has 0 saturated carbocycles. The van der Waals surface area contributed by atoms with Crippen LogP contribution < -0.4 is 10.1 Å². The molecule has 24 heavy (non-hydrogen) atoms. The van der Waals surface area contributed by atoms with Gasteiger partial charge in [0, 0.05) is 12.6 Å². The third-order valence-electron chi connectivity index (χ3n) is 2.82. The zero-order valence-electron chi connectivity index (χ0n) is 14.4. The Kier molecular flexibility index (Phi) is 12.2. The van der Waals surface area contributed by atoms with Crippen LogP contribution in [-0.4, -0.2) is 54.6 Å². The van der Waals surface area contributed by atoms with Gasteiger partial charge in [0.1, 0.15) is 12.4 Å². The molecule has 1 aromatic carbocycles. The molecule has 0 bridgehead atoms. The molecule has 0 aliphatic carbocycles. The number of carboxylic acids is 2. The van der Waals surface area contributed by atoms with Crippen LogP contribution >= 0.6 is 0 Å². The van der Waals surface area contributed by atoms with Gasteiger partial charge in [-0.15, -0.1) is 0 Å². The second kappa shape index (κ2) is 13.3. The Hall–Kier alpha value is -2.12. The third kappa shape index (κ3) is 11.4. The summed E-state index contributed by atoms with van der Waals surface area (Å²) in [5.74, 6) is -2.67. The molecule has 0 aromatic heterocycles. The van der Waals surface area contributed by atoms with E-state index >= 15 is 0 Å². The van der Waals surface area contributed by atoms with Crippen molar-refractivity contribution in [1.82, 2.24) is 5.32 Å². The number of hydrogen-bond donors (Lipinski definition) is 3. The summed E-state index contributed by atoms with van der Waals surface area (Å²) in [5, 5.41) is 18.1. The van der Waals surface area contributed by atoms with Crippen LogP contribution in [0, 0.1) is 0 Å². The van der Waals surface area contributed by atoms with Gasteiger partial charge < -0.3 is 25.0 Å². The number of para-hydroxylation sites is 1. The van der Waals surface area contributed by atoms with Crippen LogP contribution in [0.25, 0.3) is 0 Å². The highest BCUT2D eigenvalue weighted by Crippen LogP contribution is 2.17. The third-order valence-corrected chi connectivity index (χ3v) is 2.82. The monoisotopic (exact) mass is 341 g/mol. The van der Waals surface area contributed by atoms with E-state index in [0.29, 0.717) is 19.3 Å². The van der Waals surface area contributed by atoms with Gasteiger partial charge in [0.25, 0.3) is 0 Å². The van der Waals surface area contributed by atoms with Crippen LogP contribution in [0.4, 0.5) is 0 Å². The van der Waals surface area contributed by atoms with Crippen molar-refractivity contribution in [3.8, 4) is 5.75 Å². The quantitative estimate of drug-likeness (QED) is 0.464. The smallest absolute Gasteiger partial charge is 0.414 e. The Bertz CT molecular complexity index is 478. The zero-order valence-corrected chi connectivity index (χ0v) is 14.4. The van der Waals surface area contributed by atoms with Gasteiger partial charge >= 0.3 is 11.9 Å². The summed E-state index contributed by atoms with van der Waals surface area (Å²) >= 11 is 0. The van der Waals surface area contributed by atoms with E-state index in [1.165, 1.54) is 5.56 Å².